The van der Waals surface area contributed by atoms with Crippen LogP contribution in [0.3, 0.4) is 0 Å². The third-order valence-corrected chi connectivity index (χ3v) is 4.40. The number of rotatable bonds is 2. The Bertz CT molecular complexity index is 423. The van der Waals surface area contributed by atoms with E-state index >= 15 is 0 Å². The molecule has 1 aliphatic carbocycles. The SMILES string of the molecule is NC1CCCC2CN(Cc3cncc(F)c3)CC12. The van der Waals surface area contributed by atoms with Crippen molar-refractivity contribution >= 4 is 0 Å². The molecule has 3 unspecified atom stereocenters. The number of aromatic nitrogens is 1. The van der Waals surface area contributed by atoms with Gasteiger partial charge in [0.2, 0.25) is 0 Å². The van der Waals surface area contributed by atoms with E-state index in [1.807, 2.05) is 0 Å². The highest BCUT2D eigenvalue weighted by Gasteiger charge is 2.38. The fourth-order valence-corrected chi connectivity index (χ4v) is 3.54. The molecule has 1 aromatic rings. The Labute approximate surface area is 107 Å². The summed E-state index contributed by atoms with van der Waals surface area (Å²) in [4.78, 5) is 6.31. The van der Waals surface area contributed by atoms with Gasteiger partial charge in [0.05, 0.1) is 6.20 Å². The lowest BCUT2D eigenvalue weighted by Gasteiger charge is -2.29. The van der Waals surface area contributed by atoms with Crippen LogP contribution in [-0.4, -0.2) is 29.0 Å². The molecule has 3 atom stereocenters. The number of halogens is 1. The van der Waals surface area contributed by atoms with Crippen LogP contribution in [0.2, 0.25) is 0 Å². The van der Waals surface area contributed by atoms with Gasteiger partial charge in [-0.3, -0.25) is 9.88 Å². The number of pyridine rings is 1. The van der Waals surface area contributed by atoms with Gasteiger partial charge in [-0.15, -0.1) is 0 Å². The van der Waals surface area contributed by atoms with Gasteiger partial charge in [-0.05, 0) is 36.3 Å². The van der Waals surface area contributed by atoms with Gasteiger partial charge in [-0.2, -0.15) is 0 Å². The van der Waals surface area contributed by atoms with Gasteiger partial charge >= 0.3 is 0 Å². The van der Waals surface area contributed by atoms with Crippen molar-refractivity contribution in [2.45, 2.75) is 31.8 Å². The topological polar surface area (TPSA) is 42.1 Å². The number of hydrogen-bond acceptors (Lipinski definition) is 3. The van der Waals surface area contributed by atoms with Crippen molar-refractivity contribution in [2.24, 2.45) is 17.6 Å². The fourth-order valence-electron chi connectivity index (χ4n) is 3.54. The third-order valence-electron chi connectivity index (χ3n) is 4.40. The van der Waals surface area contributed by atoms with Crippen LogP contribution in [0.25, 0.3) is 0 Å². The highest BCUT2D eigenvalue weighted by molar-refractivity contribution is 5.10. The molecule has 98 valence electrons. The van der Waals surface area contributed by atoms with Crippen molar-refractivity contribution in [2.75, 3.05) is 13.1 Å². The summed E-state index contributed by atoms with van der Waals surface area (Å²) in [6.07, 6.45) is 6.73. The van der Waals surface area contributed by atoms with E-state index in [4.69, 9.17) is 5.73 Å². The maximum absolute atomic E-state index is 13.1. The predicted octanol–water partition coefficient (Wildman–Crippen LogP) is 1.78. The lowest BCUT2D eigenvalue weighted by molar-refractivity contribution is 0.259. The van der Waals surface area contributed by atoms with E-state index < -0.39 is 0 Å². The molecule has 18 heavy (non-hydrogen) atoms. The number of hydrogen-bond donors (Lipinski definition) is 1. The molecule has 2 N–H and O–H groups in total. The zero-order valence-corrected chi connectivity index (χ0v) is 10.6. The molecule has 3 rings (SSSR count). The monoisotopic (exact) mass is 249 g/mol. The summed E-state index contributed by atoms with van der Waals surface area (Å²) < 4.78 is 13.1. The van der Waals surface area contributed by atoms with Crippen molar-refractivity contribution in [3.05, 3.63) is 29.8 Å². The molecule has 1 aromatic heterocycles. The molecule has 1 saturated heterocycles. The maximum atomic E-state index is 13.1. The predicted molar refractivity (Wildman–Crippen MR) is 68.3 cm³/mol. The van der Waals surface area contributed by atoms with Gasteiger partial charge in [0.1, 0.15) is 5.82 Å². The Kier molecular flexibility index (Phi) is 3.31. The molecule has 0 bridgehead atoms. The van der Waals surface area contributed by atoms with Gasteiger partial charge in [-0.1, -0.05) is 6.42 Å². The van der Waals surface area contributed by atoms with Crippen LogP contribution >= 0.6 is 0 Å². The van der Waals surface area contributed by atoms with Crippen LogP contribution in [0.4, 0.5) is 4.39 Å². The summed E-state index contributed by atoms with van der Waals surface area (Å²) in [5, 5.41) is 0. The average Bonchev–Trinajstić information content (AvgIpc) is 2.73. The lowest BCUT2D eigenvalue weighted by Crippen LogP contribution is -2.38. The standard InChI is InChI=1S/C14H20FN3/c15-12-4-10(5-17-6-12)7-18-8-11-2-1-3-14(16)13(11)9-18/h4-6,11,13-14H,1-3,7-9,16H2. The average molecular weight is 249 g/mol. The van der Waals surface area contributed by atoms with Crippen molar-refractivity contribution in [1.82, 2.24) is 9.88 Å². The zero-order chi connectivity index (χ0) is 12.5. The van der Waals surface area contributed by atoms with E-state index in [2.05, 4.69) is 9.88 Å². The lowest BCUT2D eigenvalue weighted by atomic mass is 9.78. The van der Waals surface area contributed by atoms with Crippen molar-refractivity contribution in [1.29, 1.82) is 0 Å². The van der Waals surface area contributed by atoms with Crippen molar-refractivity contribution in [3.8, 4) is 0 Å². The van der Waals surface area contributed by atoms with Crippen LogP contribution in [0, 0.1) is 17.7 Å². The quantitative estimate of drug-likeness (QED) is 0.868. The summed E-state index contributed by atoms with van der Waals surface area (Å²) >= 11 is 0. The van der Waals surface area contributed by atoms with Crippen molar-refractivity contribution < 1.29 is 4.39 Å². The second-order valence-corrected chi connectivity index (χ2v) is 5.72. The first-order valence-electron chi connectivity index (χ1n) is 6.80. The molecule has 0 aromatic carbocycles. The van der Waals surface area contributed by atoms with Gasteiger partial charge in [-0.25, -0.2) is 4.39 Å². The Balaban J connectivity index is 1.65. The van der Waals surface area contributed by atoms with Crippen LogP contribution in [0.1, 0.15) is 24.8 Å². The molecule has 2 fully saturated rings. The molecule has 4 heteroatoms. The smallest absolute Gasteiger partial charge is 0.141 e. The van der Waals surface area contributed by atoms with E-state index in [-0.39, 0.29) is 5.82 Å². The molecule has 2 heterocycles. The Hall–Kier alpha value is -1.00. The summed E-state index contributed by atoms with van der Waals surface area (Å²) in [5.41, 5.74) is 7.16. The molecule has 2 aliphatic rings. The van der Waals surface area contributed by atoms with Crippen LogP contribution < -0.4 is 5.73 Å². The summed E-state index contributed by atoms with van der Waals surface area (Å²) in [5.74, 6) is 1.14. The van der Waals surface area contributed by atoms with Crippen molar-refractivity contribution in [3.63, 3.8) is 0 Å². The van der Waals surface area contributed by atoms with Crippen LogP contribution in [-0.2, 0) is 6.54 Å². The summed E-state index contributed by atoms with van der Waals surface area (Å²) in [6, 6.07) is 1.94. The molecule has 1 saturated carbocycles. The van der Waals surface area contributed by atoms with Gasteiger partial charge < -0.3 is 5.73 Å². The maximum Gasteiger partial charge on any atom is 0.141 e. The fraction of sp³-hybridized carbons (Fsp3) is 0.643. The minimum Gasteiger partial charge on any atom is -0.327 e. The first-order valence-corrected chi connectivity index (χ1v) is 6.80. The van der Waals surface area contributed by atoms with E-state index in [9.17, 15) is 4.39 Å². The second-order valence-electron chi connectivity index (χ2n) is 5.72. The molecule has 3 nitrogen and oxygen atoms in total. The largest absolute Gasteiger partial charge is 0.327 e. The normalized spacial score (nSPS) is 32.4. The second kappa shape index (κ2) is 4.94. The molecular formula is C14H20FN3. The zero-order valence-electron chi connectivity index (χ0n) is 10.6. The minimum atomic E-state index is -0.249. The van der Waals surface area contributed by atoms with Gasteiger partial charge in [0, 0.05) is 31.9 Å². The highest BCUT2D eigenvalue weighted by atomic mass is 19.1. The van der Waals surface area contributed by atoms with Crippen LogP contribution in [0.15, 0.2) is 18.5 Å². The molecule has 1 aliphatic heterocycles. The first kappa shape index (κ1) is 12.1. The Morgan fingerprint density at radius 1 is 1.33 bits per heavy atom. The number of nitrogens with zero attached hydrogens (tertiary/aromatic N) is 2. The molecule has 0 spiro atoms. The molecular weight excluding hydrogens is 229 g/mol. The number of fused-ring (bicyclic) bond motifs is 1. The van der Waals surface area contributed by atoms with E-state index in [1.54, 1.807) is 12.3 Å². The number of likely N-dealkylation sites (tertiary alicyclic amines) is 1. The van der Waals surface area contributed by atoms with Gasteiger partial charge in [0.25, 0.3) is 0 Å². The van der Waals surface area contributed by atoms with E-state index in [0.29, 0.717) is 12.0 Å². The van der Waals surface area contributed by atoms with Crippen LogP contribution in [0.5, 0.6) is 0 Å². The van der Waals surface area contributed by atoms with E-state index in [0.717, 1.165) is 37.5 Å². The third kappa shape index (κ3) is 2.40. The molecule has 0 radical (unpaired) electrons. The van der Waals surface area contributed by atoms with E-state index in [1.165, 1.54) is 19.0 Å². The minimum absolute atomic E-state index is 0.249. The number of nitrogens with two attached hydrogens (primary N) is 1. The summed E-state index contributed by atoms with van der Waals surface area (Å²) in [6.45, 7) is 2.96. The highest BCUT2D eigenvalue weighted by Crippen LogP contribution is 2.35. The Morgan fingerprint density at radius 3 is 3.00 bits per heavy atom. The molecule has 0 amide bonds. The van der Waals surface area contributed by atoms with Gasteiger partial charge in [0.15, 0.2) is 0 Å². The summed E-state index contributed by atoms with van der Waals surface area (Å²) in [7, 11) is 0. The Morgan fingerprint density at radius 2 is 2.22 bits per heavy atom. The first-order chi connectivity index (χ1) is 8.72.